The molecule has 0 aromatic carbocycles. The highest BCUT2D eigenvalue weighted by atomic mass is 32.2. The monoisotopic (exact) mass is 299 g/mol. The minimum Gasteiger partial charge on any atom is -0.481 e. The van der Waals surface area contributed by atoms with E-state index in [9.17, 15) is 18.0 Å². The minimum absolute atomic E-state index is 0.417. The molecule has 1 atom stereocenters. The van der Waals surface area contributed by atoms with E-state index in [0.29, 0.717) is 0 Å². The molecule has 0 aliphatic carbocycles. The van der Waals surface area contributed by atoms with E-state index in [4.69, 9.17) is 15.5 Å². The van der Waals surface area contributed by atoms with Crippen LogP contribution in [0.2, 0.25) is 0 Å². The van der Waals surface area contributed by atoms with Gasteiger partial charge in [-0.1, -0.05) is 0 Å². The molecule has 0 amide bonds. The van der Waals surface area contributed by atoms with Crippen LogP contribution in [0.15, 0.2) is 23.2 Å². The first-order valence-electron chi connectivity index (χ1n) is 5.10. The van der Waals surface area contributed by atoms with Gasteiger partial charge in [0.25, 0.3) is 0 Å². The molecule has 0 fully saturated rings. The lowest BCUT2D eigenvalue weighted by molar-refractivity contribution is -0.145. The maximum Gasteiger partial charge on any atom is 0.322 e. The number of sulfonamides is 1. The number of nitrogens with one attached hydrogen (secondary N) is 1. The van der Waals surface area contributed by atoms with Gasteiger partial charge in [-0.25, -0.2) is 13.4 Å². The Balaban J connectivity index is 3.14. The van der Waals surface area contributed by atoms with Crippen molar-refractivity contribution in [1.29, 1.82) is 5.26 Å². The van der Waals surface area contributed by atoms with Gasteiger partial charge in [-0.2, -0.15) is 9.98 Å². The smallest absolute Gasteiger partial charge is 0.322 e. The Labute approximate surface area is 113 Å². The molecule has 20 heavy (non-hydrogen) atoms. The number of carboxylic acid groups (broad SMARTS) is 2. The molecule has 3 N–H and O–H groups in total. The van der Waals surface area contributed by atoms with Gasteiger partial charge < -0.3 is 10.2 Å². The summed E-state index contributed by atoms with van der Waals surface area (Å²) in [5.41, 5.74) is -0.417. The van der Waals surface area contributed by atoms with E-state index in [1.807, 2.05) is 0 Å². The van der Waals surface area contributed by atoms with E-state index in [0.717, 1.165) is 6.07 Å². The molecule has 1 heterocycles. The number of carboxylic acids is 2. The van der Waals surface area contributed by atoms with Crippen LogP contribution in [-0.4, -0.2) is 41.6 Å². The molecule has 1 rings (SSSR count). The summed E-state index contributed by atoms with van der Waals surface area (Å²) in [5.74, 6) is -3.12. The molecule has 9 nitrogen and oxygen atoms in total. The van der Waals surface area contributed by atoms with Crippen LogP contribution >= 0.6 is 0 Å². The van der Waals surface area contributed by atoms with Crippen LogP contribution in [0.25, 0.3) is 0 Å². The third-order valence-electron chi connectivity index (χ3n) is 2.14. The zero-order valence-corrected chi connectivity index (χ0v) is 10.7. The van der Waals surface area contributed by atoms with E-state index in [-0.39, 0.29) is 0 Å². The Hall–Kier alpha value is -2.51. The number of hydrogen-bond acceptors (Lipinski definition) is 6. The SMILES string of the molecule is N#Cc1ncccc1S(=O)(=O)NC(CC(=O)O)C(=O)O. The van der Waals surface area contributed by atoms with Crippen LogP contribution < -0.4 is 4.72 Å². The molecular weight excluding hydrogens is 290 g/mol. The second kappa shape index (κ2) is 6.09. The Bertz CT molecular complexity index is 678. The highest BCUT2D eigenvalue weighted by Crippen LogP contribution is 2.13. The van der Waals surface area contributed by atoms with Gasteiger partial charge in [0.2, 0.25) is 10.0 Å². The van der Waals surface area contributed by atoms with Crippen LogP contribution in [-0.2, 0) is 19.6 Å². The molecule has 0 saturated heterocycles. The number of aromatic nitrogens is 1. The molecule has 0 radical (unpaired) electrons. The second-order valence-corrected chi connectivity index (χ2v) is 5.25. The van der Waals surface area contributed by atoms with Crippen molar-refractivity contribution in [2.75, 3.05) is 0 Å². The van der Waals surface area contributed by atoms with Gasteiger partial charge in [-0.15, -0.1) is 0 Å². The number of pyridine rings is 1. The number of aliphatic carboxylic acids is 2. The minimum atomic E-state index is -4.37. The van der Waals surface area contributed by atoms with E-state index in [2.05, 4.69) is 4.98 Å². The Kier molecular flexibility index (Phi) is 4.73. The van der Waals surface area contributed by atoms with Crippen molar-refractivity contribution < 1.29 is 28.2 Å². The molecule has 1 unspecified atom stereocenters. The first-order valence-corrected chi connectivity index (χ1v) is 6.58. The third kappa shape index (κ3) is 3.74. The van der Waals surface area contributed by atoms with Crippen LogP contribution in [0.5, 0.6) is 0 Å². The lowest BCUT2D eigenvalue weighted by atomic mass is 10.2. The standard InChI is InChI=1S/C10H9N3O6S/c11-5-7-8(2-1-3-12-7)20(18,19)13-6(10(16)17)4-9(14)15/h1-3,6,13H,4H2,(H,14,15)(H,16,17). The number of nitrogens with zero attached hydrogens (tertiary/aromatic N) is 2. The molecule has 0 saturated carbocycles. The molecule has 0 spiro atoms. The fourth-order valence-electron chi connectivity index (χ4n) is 1.30. The number of hydrogen-bond donors (Lipinski definition) is 3. The summed E-state index contributed by atoms with van der Waals surface area (Å²) in [6.07, 6.45) is 0.264. The van der Waals surface area contributed by atoms with E-state index in [1.165, 1.54) is 12.3 Å². The predicted molar refractivity (Wildman–Crippen MR) is 63.0 cm³/mol. The Morgan fingerprint density at radius 3 is 2.60 bits per heavy atom. The van der Waals surface area contributed by atoms with Gasteiger partial charge in [0, 0.05) is 6.20 Å². The summed E-state index contributed by atoms with van der Waals surface area (Å²) in [6.45, 7) is 0. The molecule has 10 heteroatoms. The number of carbonyl (C=O) groups is 2. The summed E-state index contributed by atoms with van der Waals surface area (Å²) in [5, 5.41) is 26.1. The summed E-state index contributed by atoms with van der Waals surface area (Å²) in [7, 11) is -4.37. The number of nitriles is 1. The van der Waals surface area contributed by atoms with Crippen molar-refractivity contribution in [3.63, 3.8) is 0 Å². The van der Waals surface area contributed by atoms with Crippen molar-refractivity contribution in [2.45, 2.75) is 17.4 Å². The highest BCUT2D eigenvalue weighted by Gasteiger charge is 2.29. The van der Waals surface area contributed by atoms with Crippen LogP contribution in [0, 0.1) is 11.3 Å². The summed E-state index contributed by atoms with van der Waals surface area (Å²) in [4.78, 5) is 24.3. The third-order valence-corrected chi connectivity index (χ3v) is 3.64. The lowest BCUT2D eigenvalue weighted by Gasteiger charge is -2.13. The van der Waals surface area contributed by atoms with Crippen LogP contribution in [0.3, 0.4) is 0 Å². The van der Waals surface area contributed by atoms with Gasteiger partial charge in [0.15, 0.2) is 5.69 Å². The summed E-state index contributed by atoms with van der Waals surface area (Å²) < 4.78 is 25.6. The van der Waals surface area contributed by atoms with Crippen molar-refractivity contribution >= 4 is 22.0 Å². The molecule has 1 aromatic heterocycles. The topological polar surface area (TPSA) is 157 Å². The fraction of sp³-hybridized carbons (Fsp3) is 0.200. The zero-order valence-electron chi connectivity index (χ0n) is 9.85. The van der Waals surface area contributed by atoms with Crippen LogP contribution in [0.4, 0.5) is 0 Å². The quantitative estimate of drug-likeness (QED) is 0.613. The first-order chi connectivity index (χ1) is 9.27. The second-order valence-electron chi connectivity index (χ2n) is 3.57. The molecule has 0 aliphatic rings. The largest absolute Gasteiger partial charge is 0.481 e. The average Bonchev–Trinajstić information content (AvgIpc) is 2.37. The molecule has 0 bridgehead atoms. The summed E-state index contributed by atoms with van der Waals surface area (Å²) in [6, 6.07) is 2.02. The predicted octanol–water partition coefficient (Wildman–Crippen LogP) is -0.841. The number of rotatable bonds is 6. The van der Waals surface area contributed by atoms with Crippen molar-refractivity contribution in [3.05, 3.63) is 24.0 Å². The maximum atomic E-state index is 11.9. The lowest BCUT2D eigenvalue weighted by Crippen LogP contribution is -2.42. The van der Waals surface area contributed by atoms with Gasteiger partial charge in [0.1, 0.15) is 17.0 Å². The van der Waals surface area contributed by atoms with Gasteiger partial charge in [0.05, 0.1) is 6.42 Å². The fourth-order valence-corrected chi connectivity index (χ4v) is 2.59. The van der Waals surface area contributed by atoms with E-state index < -0.39 is 45.0 Å². The van der Waals surface area contributed by atoms with Crippen molar-refractivity contribution in [3.8, 4) is 6.07 Å². The summed E-state index contributed by atoms with van der Waals surface area (Å²) >= 11 is 0. The van der Waals surface area contributed by atoms with Crippen molar-refractivity contribution in [2.24, 2.45) is 0 Å². The molecular formula is C10H9N3O6S. The highest BCUT2D eigenvalue weighted by molar-refractivity contribution is 7.89. The van der Waals surface area contributed by atoms with Crippen molar-refractivity contribution in [1.82, 2.24) is 9.71 Å². The Morgan fingerprint density at radius 1 is 1.45 bits per heavy atom. The zero-order chi connectivity index (χ0) is 15.3. The van der Waals surface area contributed by atoms with E-state index >= 15 is 0 Å². The first kappa shape index (κ1) is 15.5. The van der Waals surface area contributed by atoms with Gasteiger partial charge >= 0.3 is 11.9 Å². The molecule has 106 valence electrons. The molecule has 1 aromatic rings. The van der Waals surface area contributed by atoms with Gasteiger partial charge in [-0.05, 0) is 12.1 Å². The average molecular weight is 299 g/mol. The molecule has 0 aliphatic heterocycles. The Morgan fingerprint density at radius 2 is 2.10 bits per heavy atom. The van der Waals surface area contributed by atoms with E-state index in [1.54, 1.807) is 10.8 Å². The maximum absolute atomic E-state index is 11.9. The normalized spacial score (nSPS) is 12.3. The van der Waals surface area contributed by atoms with Crippen LogP contribution in [0.1, 0.15) is 12.1 Å². The van der Waals surface area contributed by atoms with Gasteiger partial charge in [-0.3, -0.25) is 9.59 Å².